The fourth-order valence-electron chi connectivity index (χ4n) is 2.04. The second kappa shape index (κ2) is 5.21. The van der Waals surface area contributed by atoms with Gasteiger partial charge < -0.3 is 15.3 Å². The van der Waals surface area contributed by atoms with Gasteiger partial charge in [0, 0.05) is 12.6 Å². The molecule has 0 saturated carbocycles. The van der Waals surface area contributed by atoms with E-state index in [2.05, 4.69) is 5.32 Å². The minimum atomic E-state index is -1.09. The van der Waals surface area contributed by atoms with Crippen LogP contribution in [0.3, 0.4) is 0 Å². The van der Waals surface area contributed by atoms with Crippen molar-refractivity contribution in [2.45, 2.75) is 18.9 Å². The second-order valence-electron chi connectivity index (χ2n) is 4.24. The number of urea groups is 1. The Bertz CT molecular complexity index is 522. The van der Waals surface area contributed by atoms with Crippen LogP contribution in [0.2, 0.25) is 0 Å². The molecule has 2 rings (SSSR count). The van der Waals surface area contributed by atoms with Crippen molar-refractivity contribution >= 4 is 17.7 Å². The lowest BCUT2D eigenvalue weighted by molar-refractivity contribution is -0.141. The largest absolute Gasteiger partial charge is 0.480 e. The molecule has 0 radical (unpaired) electrons. The van der Waals surface area contributed by atoms with Crippen molar-refractivity contribution in [2.75, 3.05) is 11.9 Å². The van der Waals surface area contributed by atoms with E-state index in [1.807, 2.05) is 0 Å². The summed E-state index contributed by atoms with van der Waals surface area (Å²) in [4.78, 5) is 23.9. The summed E-state index contributed by atoms with van der Waals surface area (Å²) in [6.45, 7) is 0.297. The average molecular weight is 270 g/mol. The summed E-state index contributed by atoms with van der Waals surface area (Å²) in [6, 6.07) is 1.15. The van der Waals surface area contributed by atoms with E-state index in [0.717, 1.165) is 17.0 Å². The third kappa shape index (κ3) is 2.81. The highest BCUT2D eigenvalue weighted by Gasteiger charge is 2.34. The number of nitrogens with one attached hydrogen (secondary N) is 1. The third-order valence-electron chi connectivity index (χ3n) is 2.97. The normalized spacial score (nSPS) is 18.4. The fraction of sp³-hybridized carbons (Fsp3) is 0.333. The minimum absolute atomic E-state index is 0.178. The lowest BCUT2D eigenvalue weighted by Crippen LogP contribution is -2.42. The Balaban J connectivity index is 2.10. The number of carbonyl (C=O) groups excluding carboxylic acids is 1. The molecule has 1 aliphatic rings. The topological polar surface area (TPSA) is 69.6 Å². The Morgan fingerprint density at radius 1 is 1.37 bits per heavy atom. The molecule has 0 aromatic heterocycles. The first-order valence-corrected chi connectivity index (χ1v) is 5.74. The van der Waals surface area contributed by atoms with Crippen molar-refractivity contribution in [3.8, 4) is 0 Å². The van der Waals surface area contributed by atoms with E-state index >= 15 is 0 Å². The number of aliphatic carboxylic acids is 1. The Morgan fingerprint density at radius 2 is 2.11 bits per heavy atom. The fourth-order valence-corrected chi connectivity index (χ4v) is 2.04. The molecule has 5 nitrogen and oxygen atoms in total. The van der Waals surface area contributed by atoms with Crippen molar-refractivity contribution < 1.29 is 23.5 Å². The van der Waals surface area contributed by atoms with Crippen LogP contribution in [0.25, 0.3) is 0 Å². The molecular weight excluding hydrogens is 258 g/mol. The Labute approximate surface area is 107 Å². The van der Waals surface area contributed by atoms with E-state index in [9.17, 15) is 18.4 Å². The zero-order chi connectivity index (χ0) is 14.0. The zero-order valence-corrected chi connectivity index (χ0v) is 9.90. The maximum Gasteiger partial charge on any atom is 0.326 e. The van der Waals surface area contributed by atoms with Crippen LogP contribution in [0, 0.1) is 11.6 Å². The van der Waals surface area contributed by atoms with Gasteiger partial charge >= 0.3 is 12.0 Å². The van der Waals surface area contributed by atoms with Crippen molar-refractivity contribution in [3.05, 3.63) is 29.8 Å². The van der Waals surface area contributed by atoms with Crippen molar-refractivity contribution in [1.29, 1.82) is 0 Å². The molecule has 19 heavy (non-hydrogen) atoms. The third-order valence-corrected chi connectivity index (χ3v) is 2.97. The molecule has 1 fully saturated rings. The molecule has 7 heteroatoms. The standard InChI is InChI=1S/C12H12F2N2O3/c13-7-3-4-9(8(14)6-7)15-12(19)16-5-1-2-10(16)11(17)18/h3-4,6,10H,1-2,5H2,(H,15,19)(H,17,18)/t10-/m1/s1. The molecule has 0 bridgehead atoms. The highest BCUT2D eigenvalue weighted by atomic mass is 19.1. The Kier molecular flexibility index (Phi) is 3.64. The van der Waals surface area contributed by atoms with Gasteiger partial charge in [-0.25, -0.2) is 18.4 Å². The molecule has 0 unspecified atom stereocenters. The Morgan fingerprint density at radius 3 is 2.74 bits per heavy atom. The van der Waals surface area contributed by atoms with E-state index in [1.54, 1.807) is 0 Å². The quantitative estimate of drug-likeness (QED) is 0.864. The van der Waals surface area contributed by atoms with Crippen LogP contribution >= 0.6 is 0 Å². The molecule has 2 N–H and O–H groups in total. The van der Waals surface area contributed by atoms with Gasteiger partial charge in [-0.05, 0) is 25.0 Å². The van der Waals surface area contributed by atoms with Crippen LogP contribution in [-0.4, -0.2) is 34.6 Å². The lowest BCUT2D eigenvalue weighted by atomic mass is 10.2. The molecule has 1 aromatic rings. The molecule has 1 aromatic carbocycles. The number of hydrogen-bond donors (Lipinski definition) is 2. The summed E-state index contributed by atoms with van der Waals surface area (Å²) in [6.07, 6.45) is 0.949. The van der Waals surface area contributed by atoms with Gasteiger partial charge in [-0.15, -0.1) is 0 Å². The van der Waals surface area contributed by atoms with Gasteiger partial charge in [-0.3, -0.25) is 0 Å². The molecule has 1 aliphatic heterocycles. The van der Waals surface area contributed by atoms with E-state index in [4.69, 9.17) is 5.11 Å². The summed E-state index contributed by atoms with van der Waals surface area (Å²) >= 11 is 0. The summed E-state index contributed by atoms with van der Waals surface area (Å²) < 4.78 is 26.1. The maximum absolute atomic E-state index is 13.4. The molecular formula is C12H12F2N2O3. The van der Waals surface area contributed by atoms with Crippen LogP contribution < -0.4 is 5.32 Å². The van der Waals surface area contributed by atoms with Crippen LogP contribution in [-0.2, 0) is 4.79 Å². The molecule has 0 spiro atoms. The number of benzene rings is 1. The van der Waals surface area contributed by atoms with Crippen LogP contribution in [0.4, 0.5) is 19.3 Å². The van der Waals surface area contributed by atoms with Crippen molar-refractivity contribution in [1.82, 2.24) is 4.90 Å². The molecule has 1 saturated heterocycles. The molecule has 2 amide bonds. The summed E-state index contributed by atoms with van der Waals surface area (Å²) in [5, 5.41) is 11.2. The van der Waals surface area contributed by atoms with Gasteiger partial charge in [-0.2, -0.15) is 0 Å². The monoisotopic (exact) mass is 270 g/mol. The number of hydrogen-bond acceptors (Lipinski definition) is 2. The molecule has 102 valence electrons. The predicted octanol–water partition coefficient (Wildman–Crippen LogP) is 2.05. The predicted molar refractivity (Wildman–Crippen MR) is 62.7 cm³/mol. The van der Waals surface area contributed by atoms with Gasteiger partial charge in [0.05, 0.1) is 5.69 Å². The smallest absolute Gasteiger partial charge is 0.326 e. The van der Waals surface area contributed by atoms with Gasteiger partial charge in [0.1, 0.15) is 17.7 Å². The minimum Gasteiger partial charge on any atom is -0.480 e. The highest BCUT2D eigenvalue weighted by molar-refractivity contribution is 5.92. The van der Waals surface area contributed by atoms with Gasteiger partial charge in [0.2, 0.25) is 0 Å². The Hall–Kier alpha value is -2.18. The van der Waals surface area contributed by atoms with E-state index in [1.165, 1.54) is 0 Å². The number of rotatable bonds is 2. The number of amides is 2. The highest BCUT2D eigenvalue weighted by Crippen LogP contribution is 2.20. The van der Waals surface area contributed by atoms with Crippen LogP contribution in [0.15, 0.2) is 18.2 Å². The number of anilines is 1. The van der Waals surface area contributed by atoms with Crippen molar-refractivity contribution in [3.63, 3.8) is 0 Å². The second-order valence-corrected chi connectivity index (χ2v) is 4.24. The van der Waals surface area contributed by atoms with E-state index < -0.39 is 29.7 Å². The number of halogens is 2. The number of likely N-dealkylation sites (tertiary alicyclic amines) is 1. The SMILES string of the molecule is O=C(O)[C@H]1CCCN1C(=O)Nc1ccc(F)cc1F. The first-order valence-electron chi connectivity index (χ1n) is 5.74. The molecule has 1 heterocycles. The molecule has 0 aliphatic carbocycles. The van der Waals surface area contributed by atoms with Gasteiger partial charge in [-0.1, -0.05) is 0 Å². The number of carboxylic acids is 1. The van der Waals surface area contributed by atoms with Crippen LogP contribution in [0.5, 0.6) is 0 Å². The summed E-state index contributed by atoms with van der Waals surface area (Å²) in [5.41, 5.74) is -0.178. The molecule has 1 atom stereocenters. The maximum atomic E-state index is 13.4. The summed E-state index contributed by atoms with van der Waals surface area (Å²) in [5.74, 6) is -2.74. The zero-order valence-electron chi connectivity index (χ0n) is 9.90. The van der Waals surface area contributed by atoms with E-state index in [-0.39, 0.29) is 5.69 Å². The summed E-state index contributed by atoms with van der Waals surface area (Å²) in [7, 11) is 0. The first-order chi connectivity index (χ1) is 8.99. The first kappa shape index (κ1) is 13.3. The number of carboxylic acid groups (broad SMARTS) is 1. The van der Waals surface area contributed by atoms with E-state index in [0.29, 0.717) is 25.5 Å². The van der Waals surface area contributed by atoms with Gasteiger partial charge in [0.15, 0.2) is 0 Å². The van der Waals surface area contributed by atoms with Crippen LogP contribution in [0.1, 0.15) is 12.8 Å². The van der Waals surface area contributed by atoms with Crippen molar-refractivity contribution in [2.24, 2.45) is 0 Å². The number of nitrogens with zero attached hydrogens (tertiary/aromatic N) is 1. The van der Waals surface area contributed by atoms with Gasteiger partial charge in [0.25, 0.3) is 0 Å². The average Bonchev–Trinajstić information content (AvgIpc) is 2.82. The number of carbonyl (C=O) groups is 2. The lowest BCUT2D eigenvalue weighted by Gasteiger charge is -2.21.